The highest BCUT2D eigenvalue weighted by Gasteiger charge is 2.13. The molecule has 110 valence electrons. The molecular weight excluding hydrogens is 280 g/mol. The van der Waals surface area contributed by atoms with Crippen LogP contribution in [0.1, 0.15) is 26.0 Å². The minimum absolute atomic E-state index is 0.443. The highest BCUT2D eigenvalue weighted by Crippen LogP contribution is 2.28. The number of nitrogens with one attached hydrogen (secondary N) is 1. The van der Waals surface area contributed by atoms with Gasteiger partial charge in [0.2, 0.25) is 0 Å². The molecule has 0 atom stereocenters. The third-order valence-corrected chi connectivity index (χ3v) is 3.89. The summed E-state index contributed by atoms with van der Waals surface area (Å²) in [6.07, 6.45) is 0.480. The minimum atomic E-state index is 0.443. The number of nitriles is 1. The first-order valence-corrected chi connectivity index (χ1v) is 7.96. The lowest BCUT2D eigenvalue weighted by Crippen LogP contribution is -2.22. The second-order valence-electron chi connectivity index (χ2n) is 5.05. The number of benzene rings is 1. The smallest absolute Gasteiger partial charge is 0.190 e. The van der Waals surface area contributed by atoms with E-state index in [-0.39, 0.29) is 0 Å². The molecule has 0 saturated heterocycles. The van der Waals surface area contributed by atoms with Gasteiger partial charge >= 0.3 is 0 Å². The van der Waals surface area contributed by atoms with Crippen molar-refractivity contribution in [1.82, 2.24) is 10.3 Å². The Morgan fingerprint density at radius 3 is 2.76 bits per heavy atom. The predicted octanol–water partition coefficient (Wildman–Crippen LogP) is 3.69. The van der Waals surface area contributed by atoms with Gasteiger partial charge in [-0.15, -0.1) is 11.3 Å². The van der Waals surface area contributed by atoms with Gasteiger partial charge in [0.25, 0.3) is 0 Å². The van der Waals surface area contributed by atoms with Crippen molar-refractivity contribution >= 4 is 22.2 Å². The van der Waals surface area contributed by atoms with Gasteiger partial charge in [-0.05, 0) is 12.1 Å². The van der Waals surface area contributed by atoms with Gasteiger partial charge < -0.3 is 10.2 Å². The molecule has 0 aliphatic rings. The Morgan fingerprint density at radius 1 is 1.33 bits per heavy atom. The van der Waals surface area contributed by atoms with Crippen LogP contribution in [0, 0.1) is 11.3 Å². The summed E-state index contributed by atoms with van der Waals surface area (Å²) in [4.78, 5) is 6.79. The number of thiazole rings is 1. The van der Waals surface area contributed by atoms with Gasteiger partial charge in [0.1, 0.15) is 0 Å². The number of anilines is 2. The lowest BCUT2D eigenvalue weighted by atomic mass is 10.3. The van der Waals surface area contributed by atoms with Crippen LogP contribution < -0.4 is 10.2 Å². The van der Waals surface area contributed by atoms with Crippen molar-refractivity contribution in [3.8, 4) is 6.07 Å². The number of nitrogens with zero attached hydrogens (tertiary/aromatic N) is 3. The zero-order valence-electron chi connectivity index (χ0n) is 12.4. The first kappa shape index (κ1) is 15.5. The van der Waals surface area contributed by atoms with Crippen molar-refractivity contribution < 1.29 is 0 Å². The summed E-state index contributed by atoms with van der Waals surface area (Å²) in [6, 6.07) is 12.7. The molecule has 2 aromatic rings. The van der Waals surface area contributed by atoms with E-state index in [4.69, 9.17) is 5.26 Å². The predicted molar refractivity (Wildman–Crippen MR) is 87.8 cm³/mol. The maximum Gasteiger partial charge on any atom is 0.190 e. The van der Waals surface area contributed by atoms with E-state index in [0.29, 0.717) is 19.0 Å². The molecule has 0 spiro atoms. The van der Waals surface area contributed by atoms with Crippen LogP contribution in [0.5, 0.6) is 0 Å². The van der Waals surface area contributed by atoms with Gasteiger partial charge in [-0.1, -0.05) is 32.0 Å². The normalized spacial score (nSPS) is 10.6. The van der Waals surface area contributed by atoms with Gasteiger partial charge in [0, 0.05) is 30.2 Å². The summed E-state index contributed by atoms with van der Waals surface area (Å²) in [5, 5.41) is 15.2. The molecule has 0 aliphatic carbocycles. The van der Waals surface area contributed by atoms with Gasteiger partial charge in [-0.25, -0.2) is 4.98 Å². The first-order valence-electron chi connectivity index (χ1n) is 7.08. The van der Waals surface area contributed by atoms with E-state index in [1.807, 2.05) is 30.3 Å². The average molecular weight is 300 g/mol. The molecule has 0 aliphatic heterocycles. The van der Waals surface area contributed by atoms with Gasteiger partial charge in [0.05, 0.1) is 18.2 Å². The van der Waals surface area contributed by atoms with Crippen molar-refractivity contribution in [3.05, 3.63) is 41.4 Å². The number of hydrogen-bond donors (Lipinski definition) is 1. The minimum Gasteiger partial charge on any atom is -0.317 e. The fourth-order valence-corrected chi connectivity index (χ4v) is 2.79. The Kier molecular flexibility index (Phi) is 5.73. The molecule has 4 nitrogen and oxygen atoms in total. The fourth-order valence-electron chi connectivity index (χ4n) is 1.92. The summed E-state index contributed by atoms with van der Waals surface area (Å²) in [5.41, 5.74) is 2.12. The van der Waals surface area contributed by atoms with Crippen LogP contribution in [0.25, 0.3) is 0 Å². The molecule has 2 rings (SSSR count). The average Bonchev–Trinajstić information content (AvgIpc) is 2.95. The molecule has 21 heavy (non-hydrogen) atoms. The number of hydrogen-bond acceptors (Lipinski definition) is 5. The summed E-state index contributed by atoms with van der Waals surface area (Å²) >= 11 is 1.62. The molecular formula is C16H20N4S. The maximum atomic E-state index is 8.86. The van der Waals surface area contributed by atoms with E-state index >= 15 is 0 Å². The third kappa shape index (κ3) is 4.55. The SMILES string of the molecule is CC(C)NCc1csc(N(CCC#N)c2ccccc2)n1. The Bertz CT molecular complexity index is 586. The van der Waals surface area contributed by atoms with E-state index in [1.54, 1.807) is 11.3 Å². The molecule has 1 aromatic heterocycles. The largest absolute Gasteiger partial charge is 0.317 e. The highest BCUT2D eigenvalue weighted by atomic mass is 32.1. The molecule has 0 amide bonds. The van der Waals surface area contributed by atoms with Gasteiger partial charge in [0.15, 0.2) is 5.13 Å². The van der Waals surface area contributed by atoms with Crippen LogP contribution in [0.4, 0.5) is 10.8 Å². The quantitative estimate of drug-likeness (QED) is 0.847. The van der Waals surface area contributed by atoms with Crippen LogP contribution in [-0.4, -0.2) is 17.6 Å². The second-order valence-corrected chi connectivity index (χ2v) is 5.89. The van der Waals surface area contributed by atoms with Gasteiger partial charge in [-0.3, -0.25) is 0 Å². The standard InChI is InChI=1S/C16H20N4S/c1-13(2)18-11-14-12-21-16(19-14)20(10-6-9-17)15-7-4-3-5-8-15/h3-5,7-8,12-13,18H,6,10-11H2,1-2H3. The molecule has 0 saturated carbocycles. The van der Waals surface area contributed by atoms with Crippen LogP contribution in [0.2, 0.25) is 0 Å². The summed E-state index contributed by atoms with van der Waals surface area (Å²) in [5.74, 6) is 0. The number of para-hydroxylation sites is 1. The summed E-state index contributed by atoms with van der Waals surface area (Å²) < 4.78 is 0. The Labute approximate surface area is 130 Å². The van der Waals surface area contributed by atoms with E-state index in [0.717, 1.165) is 23.1 Å². The zero-order chi connectivity index (χ0) is 15.1. The summed E-state index contributed by atoms with van der Waals surface area (Å²) in [6.45, 7) is 5.67. The van der Waals surface area contributed by atoms with Crippen molar-refractivity contribution in [2.45, 2.75) is 32.9 Å². The zero-order valence-corrected chi connectivity index (χ0v) is 13.2. The van der Waals surface area contributed by atoms with Crippen LogP contribution >= 0.6 is 11.3 Å². The molecule has 5 heteroatoms. The third-order valence-electron chi connectivity index (χ3n) is 2.98. The Hall–Kier alpha value is -1.90. The van der Waals surface area contributed by atoms with Gasteiger partial charge in [-0.2, -0.15) is 5.26 Å². The van der Waals surface area contributed by atoms with E-state index in [9.17, 15) is 0 Å². The van der Waals surface area contributed by atoms with Crippen LogP contribution in [0.15, 0.2) is 35.7 Å². The van der Waals surface area contributed by atoms with Crippen molar-refractivity contribution in [3.63, 3.8) is 0 Å². The molecule has 0 fully saturated rings. The number of rotatable bonds is 7. The van der Waals surface area contributed by atoms with E-state index in [1.165, 1.54) is 0 Å². The first-order chi connectivity index (χ1) is 10.2. The monoisotopic (exact) mass is 300 g/mol. The molecule has 0 radical (unpaired) electrons. The topological polar surface area (TPSA) is 52.0 Å². The summed E-state index contributed by atoms with van der Waals surface area (Å²) in [7, 11) is 0. The van der Waals surface area contributed by atoms with Crippen LogP contribution in [0.3, 0.4) is 0 Å². The second kappa shape index (κ2) is 7.77. The Morgan fingerprint density at radius 2 is 2.10 bits per heavy atom. The molecule has 0 bridgehead atoms. The van der Waals surface area contributed by atoms with Crippen molar-refractivity contribution in [2.24, 2.45) is 0 Å². The molecule has 1 N–H and O–H groups in total. The lowest BCUT2D eigenvalue weighted by molar-refractivity contribution is 0.583. The maximum absolute atomic E-state index is 8.86. The Balaban J connectivity index is 2.15. The molecule has 0 unspecified atom stereocenters. The molecule has 1 aromatic carbocycles. The highest BCUT2D eigenvalue weighted by molar-refractivity contribution is 7.13. The van der Waals surface area contributed by atoms with E-state index in [2.05, 4.69) is 40.5 Å². The van der Waals surface area contributed by atoms with Crippen molar-refractivity contribution in [2.75, 3.05) is 11.4 Å². The van der Waals surface area contributed by atoms with E-state index < -0.39 is 0 Å². The fraction of sp³-hybridized carbons (Fsp3) is 0.375. The molecule has 1 heterocycles. The van der Waals surface area contributed by atoms with Crippen LogP contribution in [-0.2, 0) is 6.54 Å². The number of aromatic nitrogens is 1. The van der Waals surface area contributed by atoms with Crippen molar-refractivity contribution in [1.29, 1.82) is 5.26 Å². The lowest BCUT2D eigenvalue weighted by Gasteiger charge is -2.20.